The van der Waals surface area contributed by atoms with E-state index in [2.05, 4.69) is 35.1 Å². The van der Waals surface area contributed by atoms with Crippen LogP contribution in [0.25, 0.3) is 0 Å². The number of hydrogen-bond donors (Lipinski definition) is 2. The molecule has 1 fully saturated rings. The van der Waals surface area contributed by atoms with Crippen LogP contribution in [0.1, 0.15) is 63.8 Å². The van der Waals surface area contributed by atoms with Crippen LogP contribution in [0.15, 0.2) is 53.5 Å². The van der Waals surface area contributed by atoms with E-state index in [-0.39, 0.29) is 24.0 Å². The molecule has 0 bridgehead atoms. The summed E-state index contributed by atoms with van der Waals surface area (Å²) in [5.41, 5.74) is 4.06. The average molecular weight is 555 g/mol. The number of aromatic nitrogens is 1. The van der Waals surface area contributed by atoms with Crippen LogP contribution in [0, 0.1) is 16.7 Å². The third-order valence-corrected chi connectivity index (χ3v) is 8.47. The molecule has 3 aromatic rings. The van der Waals surface area contributed by atoms with Crippen LogP contribution < -0.4 is 5.32 Å². The number of aliphatic imine (C=N–C) groups is 1. The maximum absolute atomic E-state index is 13.1. The van der Waals surface area contributed by atoms with Crippen LogP contribution in [0.3, 0.4) is 0 Å². The van der Waals surface area contributed by atoms with Gasteiger partial charge in [0.05, 0.1) is 42.0 Å². The molecule has 4 atom stereocenters. The lowest BCUT2D eigenvalue weighted by atomic mass is 9.95. The minimum atomic E-state index is -0.273. The molecule has 4 unspecified atom stereocenters. The molecule has 1 amide bonds. The molecule has 1 aliphatic carbocycles. The Morgan fingerprint density at radius 2 is 2.05 bits per heavy atom. The molecule has 8 nitrogen and oxygen atoms in total. The Balaban J connectivity index is 1.19. The summed E-state index contributed by atoms with van der Waals surface area (Å²) in [6.07, 6.45) is 6.54. The number of thiazole rings is 1. The first-order valence-corrected chi connectivity index (χ1v) is 14.5. The van der Waals surface area contributed by atoms with E-state index in [4.69, 9.17) is 20.4 Å². The van der Waals surface area contributed by atoms with Crippen molar-refractivity contribution in [1.29, 1.82) is 10.7 Å². The zero-order valence-electron chi connectivity index (χ0n) is 22.8. The normalized spacial score (nSPS) is 21.9. The van der Waals surface area contributed by atoms with Crippen LogP contribution in [0.4, 0.5) is 5.13 Å². The van der Waals surface area contributed by atoms with Crippen molar-refractivity contribution in [3.63, 3.8) is 0 Å². The summed E-state index contributed by atoms with van der Waals surface area (Å²) in [6, 6.07) is 17.2. The first-order chi connectivity index (χ1) is 19.4. The molecule has 0 saturated carbocycles. The first-order valence-electron chi connectivity index (χ1n) is 13.7. The number of nitrogens with one attached hydrogen (secondary N) is 2. The Morgan fingerprint density at radius 3 is 2.77 bits per heavy atom. The number of fused-ring (bicyclic) bond motifs is 1. The van der Waals surface area contributed by atoms with E-state index in [0.29, 0.717) is 28.8 Å². The van der Waals surface area contributed by atoms with Crippen molar-refractivity contribution in [2.45, 2.75) is 63.8 Å². The fraction of sp³-hybridized carbons (Fsp3) is 0.387. The number of hydrogen-bond acceptors (Lipinski definition) is 8. The summed E-state index contributed by atoms with van der Waals surface area (Å²) in [4.78, 5) is 26.2. The number of nitriles is 1. The molecule has 9 heteroatoms. The Bertz CT molecular complexity index is 1420. The molecule has 40 heavy (non-hydrogen) atoms. The monoisotopic (exact) mass is 554 g/mol. The van der Waals surface area contributed by atoms with E-state index in [1.807, 2.05) is 30.3 Å². The van der Waals surface area contributed by atoms with Gasteiger partial charge in [-0.05, 0) is 68.5 Å². The number of carbonyl (C=O) groups excluding carboxylic acids is 1. The van der Waals surface area contributed by atoms with E-state index in [1.54, 1.807) is 35.8 Å². The zero-order chi connectivity index (χ0) is 28.1. The summed E-state index contributed by atoms with van der Waals surface area (Å²) in [6.45, 7) is 6.61. The van der Waals surface area contributed by atoms with Gasteiger partial charge in [-0.25, -0.2) is 4.98 Å². The van der Waals surface area contributed by atoms with Crippen molar-refractivity contribution in [2.75, 3.05) is 18.4 Å². The lowest BCUT2D eigenvalue weighted by molar-refractivity contribution is -0.0815. The maximum atomic E-state index is 13.1. The summed E-state index contributed by atoms with van der Waals surface area (Å²) < 4.78 is 5.91. The first kappa shape index (κ1) is 27.8. The molecule has 0 spiro atoms. The lowest BCUT2D eigenvalue weighted by Gasteiger charge is -2.41. The number of rotatable bonds is 8. The molecule has 1 aromatic heterocycles. The van der Waals surface area contributed by atoms with Gasteiger partial charge < -0.3 is 10.1 Å². The molecular formula is C31H34N6O2S. The number of benzene rings is 2. The van der Waals surface area contributed by atoms with Crippen molar-refractivity contribution in [3.8, 4) is 6.07 Å². The minimum absolute atomic E-state index is 0.181. The van der Waals surface area contributed by atoms with Crippen molar-refractivity contribution < 1.29 is 9.53 Å². The highest BCUT2D eigenvalue weighted by Crippen LogP contribution is 2.33. The van der Waals surface area contributed by atoms with Crippen molar-refractivity contribution in [2.24, 2.45) is 4.99 Å². The number of nitrogens with zero attached hydrogens (tertiary/aromatic N) is 4. The number of amides is 1. The van der Waals surface area contributed by atoms with Gasteiger partial charge in [0, 0.05) is 42.0 Å². The average Bonchev–Trinajstić information content (AvgIpc) is 3.36. The topological polar surface area (TPSA) is 114 Å². The predicted octanol–water partition coefficient (Wildman–Crippen LogP) is 5.24. The molecule has 2 N–H and O–H groups in total. The van der Waals surface area contributed by atoms with E-state index < -0.39 is 0 Å². The third kappa shape index (κ3) is 6.70. The van der Waals surface area contributed by atoms with Crippen LogP contribution in [-0.2, 0) is 24.1 Å². The van der Waals surface area contributed by atoms with E-state index in [0.717, 1.165) is 49.2 Å². The van der Waals surface area contributed by atoms with Gasteiger partial charge in [-0.3, -0.25) is 20.0 Å². The Kier molecular flexibility index (Phi) is 8.80. The van der Waals surface area contributed by atoms with E-state index in [9.17, 15) is 4.79 Å². The molecular weight excluding hydrogens is 520 g/mol. The SMILES string of the molecule is CC1CN(C2CCc3nc(NC(=O)c4cccc(CN=CC(C=N)c5ccc(C#N)cc5)c4)sc3C2)CC(C)O1. The molecule has 1 aliphatic heterocycles. The van der Waals surface area contributed by atoms with Gasteiger partial charge in [-0.15, -0.1) is 11.3 Å². The summed E-state index contributed by atoms with van der Waals surface area (Å²) in [5, 5.41) is 20.4. The van der Waals surface area contributed by atoms with Crippen molar-refractivity contribution in [3.05, 3.63) is 81.4 Å². The van der Waals surface area contributed by atoms with Crippen molar-refractivity contribution >= 4 is 34.8 Å². The second-order valence-corrected chi connectivity index (χ2v) is 11.7. The zero-order valence-corrected chi connectivity index (χ0v) is 23.7. The van der Waals surface area contributed by atoms with Crippen LogP contribution >= 0.6 is 11.3 Å². The molecule has 2 heterocycles. The highest BCUT2D eigenvalue weighted by molar-refractivity contribution is 7.15. The van der Waals surface area contributed by atoms with Gasteiger partial charge in [0.1, 0.15) is 0 Å². The van der Waals surface area contributed by atoms with Gasteiger partial charge >= 0.3 is 0 Å². The highest BCUT2D eigenvalue weighted by Gasteiger charge is 2.32. The van der Waals surface area contributed by atoms with E-state index >= 15 is 0 Å². The minimum Gasteiger partial charge on any atom is -0.373 e. The fourth-order valence-corrected chi connectivity index (χ4v) is 6.57. The summed E-state index contributed by atoms with van der Waals surface area (Å²) in [5.74, 6) is -0.455. The third-order valence-electron chi connectivity index (χ3n) is 7.43. The Hall–Kier alpha value is -3.71. The molecule has 2 aliphatic rings. The van der Waals surface area contributed by atoms with Gasteiger partial charge in [-0.1, -0.05) is 24.3 Å². The van der Waals surface area contributed by atoms with Gasteiger partial charge in [-0.2, -0.15) is 5.26 Å². The van der Waals surface area contributed by atoms with Gasteiger partial charge in [0.2, 0.25) is 0 Å². The summed E-state index contributed by atoms with van der Waals surface area (Å²) in [7, 11) is 0. The molecule has 1 saturated heterocycles. The summed E-state index contributed by atoms with van der Waals surface area (Å²) >= 11 is 1.59. The number of carbonyl (C=O) groups is 1. The lowest BCUT2D eigenvalue weighted by Crippen LogP contribution is -2.51. The van der Waals surface area contributed by atoms with E-state index in [1.165, 1.54) is 11.1 Å². The predicted molar refractivity (Wildman–Crippen MR) is 159 cm³/mol. The number of aryl methyl sites for hydroxylation is 1. The molecule has 2 aromatic carbocycles. The fourth-order valence-electron chi connectivity index (χ4n) is 5.50. The second kappa shape index (κ2) is 12.6. The number of morpholine rings is 1. The van der Waals surface area contributed by atoms with Crippen LogP contribution in [-0.4, -0.2) is 59.6 Å². The standard InChI is InChI=1S/C31H34N6O2S/c1-20-18-37(19-21(2)39-20)27-10-11-28-29(13-27)40-31(35-28)36-30(38)25-5-3-4-23(12-25)16-34-17-26(15-33)24-8-6-22(14-32)7-9-24/h3-9,12,15,17,20-21,26-27,33H,10-11,13,16,18-19H2,1-2H3,(H,35,36,38). The molecule has 0 radical (unpaired) electrons. The number of anilines is 1. The number of ether oxygens (including phenoxy) is 1. The van der Waals surface area contributed by atoms with Gasteiger partial charge in [0.25, 0.3) is 5.91 Å². The smallest absolute Gasteiger partial charge is 0.257 e. The second-order valence-electron chi connectivity index (χ2n) is 10.6. The van der Waals surface area contributed by atoms with Gasteiger partial charge in [0.15, 0.2) is 5.13 Å². The molecule has 5 rings (SSSR count). The Labute approximate surface area is 239 Å². The largest absolute Gasteiger partial charge is 0.373 e. The quantitative estimate of drug-likeness (QED) is 0.370. The Morgan fingerprint density at radius 1 is 1.27 bits per heavy atom. The molecule has 206 valence electrons. The maximum Gasteiger partial charge on any atom is 0.257 e. The van der Waals surface area contributed by atoms with Crippen LogP contribution in [0.5, 0.6) is 0 Å². The highest BCUT2D eigenvalue weighted by atomic mass is 32.1. The van der Waals surface area contributed by atoms with Crippen LogP contribution in [0.2, 0.25) is 0 Å². The van der Waals surface area contributed by atoms with Crippen molar-refractivity contribution in [1.82, 2.24) is 9.88 Å².